The van der Waals surface area contributed by atoms with Crippen LogP contribution in [0.2, 0.25) is 0 Å². The highest BCUT2D eigenvalue weighted by molar-refractivity contribution is 5.93. The molecule has 186 valence electrons. The molecule has 5 aliphatic rings. The molecule has 0 aromatic heterocycles. The van der Waals surface area contributed by atoms with Crippen LogP contribution in [0.15, 0.2) is 59.2 Å². The molecule has 3 fully saturated rings. The number of benzene rings is 1. The first kappa shape index (κ1) is 23.2. The first-order valence-corrected chi connectivity index (χ1v) is 13.8. The Bertz CT molecular complexity index is 1090. The molecule has 0 unspecified atom stereocenters. The van der Waals surface area contributed by atoms with Crippen LogP contribution in [0.5, 0.6) is 0 Å². The van der Waals surface area contributed by atoms with E-state index in [0.717, 1.165) is 51.6 Å². The summed E-state index contributed by atoms with van der Waals surface area (Å²) < 4.78 is 0. The van der Waals surface area contributed by atoms with Crippen molar-refractivity contribution in [2.24, 2.45) is 17.3 Å². The summed E-state index contributed by atoms with van der Waals surface area (Å²) >= 11 is 0. The quantitative estimate of drug-likeness (QED) is 0.570. The molecular formula is C31H39NO3. The number of nitrogens with zero attached hydrogens (tertiary/aromatic N) is 1. The first-order valence-electron chi connectivity index (χ1n) is 13.8. The molecule has 6 rings (SSSR count). The predicted octanol–water partition coefficient (Wildman–Crippen LogP) is 5.47. The lowest BCUT2D eigenvalue weighted by Gasteiger charge is -2.54. The zero-order chi connectivity index (χ0) is 24.2. The number of hydrogen-bond donors (Lipinski definition) is 2. The minimum atomic E-state index is -0.886. The van der Waals surface area contributed by atoms with Crippen LogP contribution in [-0.2, 0) is 4.79 Å². The maximum Gasteiger partial charge on any atom is 0.156 e. The Hall–Kier alpha value is -2.17. The molecular weight excluding hydrogens is 434 g/mol. The topological polar surface area (TPSA) is 60.8 Å². The Kier molecular flexibility index (Phi) is 5.80. The smallest absolute Gasteiger partial charge is 0.156 e. The highest BCUT2D eigenvalue weighted by atomic mass is 16.3. The molecule has 0 radical (unpaired) electrons. The van der Waals surface area contributed by atoms with Gasteiger partial charge in [0.25, 0.3) is 0 Å². The van der Waals surface area contributed by atoms with Gasteiger partial charge in [0.2, 0.25) is 0 Å². The van der Waals surface area contributed by atoms with Gasteiger partial charge in [0.15, 0.2) is 5.78 Å². The van der Waals surface area contributed by atoms with E-state index in [9.17, 15) is 15.0 Å². The highest BCUT2D eigenvalue weighted by Gasteiger charge is 2.61. The molecule has 2 saturated carbocycles. The molecule has 4 nitrogen and oxygen atoms in total. The number of hydrogen-bond acceptors (Lipinski definition) is 4. The van der Waals surface area contributed by atoms with Gasteiger partial charge in [-0.25, -0.2) is 0 Å². The van der Waals surface area contributed by atoms with Crippen molar-refractivity contribution in [1.29, 1.82) is 0 Å². The van der Waals surface area contributed by atoms with Gasteiger partial charge in [-0.05, 0) is 98.1 Å². The van der Waals surface area contributed by atoms with Crippen LogP contribution in [0.4, 0.5) is 5.69 Å². The Balaban J connectivity index is 1.45. The summed E-state index contributed by atoms with van der Waals surface area (Å²) in [6.45, 7) is 4.55. The fraction of sp³-hybridized carbons (Fsp3) is 0.581. The standard InChI is InChI=1S/C31H39NO3/c1-30-20-27(21-5-8-23(9-6-21)32-16-2-3-17-32)29-25-12-10-24(34)19-22(25)7-11-26(29)28(30)13-15-31(30,35)14-4-18-33/h4-6,8-9,14,19,26-28,33,35H,2-3,7,10-13,15-18,20H2,1H3/b14-4-/t26-,27+,28-,30-,31-/m0/s1. The van der Waals surface area contributed by atoms with Gasteiger partial charge < -0.3 is 15.1 Å². The summed E-state index contributed by atoms with van der Waals surface area (Å²) in [5, 5.41) is 21.4. The van der Waals surface area contributed by atoms with Crippen molar-refractivity contribution in [2.45, 2.75) is 76.2 Å². The van der Waals surface area contributed by atoms with Crippen LogP contribution >= 0.6 is 0 Å². The summed E-state index contributed by atoms with van der Waals surface area (Å²) in [7, 11) is 0. The molecule has 4 aliphatic carbocycles. The van der Waals surface area contributed by atoms with Crippen LogP contribution < -0.4 is 4.90 Å². The number of rotatable bonds is 4. The second kappa shape index (κ2) is 8.74. The third kappa shape index (κ3) is 3.67. The second-order valence-corrected chi connectivity index (χ2v) is 11.8. The molecule has 2 N–H and O–H groups in total. The van der Waals surface area contributed by atoms with Crippen molar-refractivity contribution in [1.82, 2.24) is 0 Å². The van der Waals surface area contributed by atoms with E-state index in [0.29, 0.717) is 18.3 Å². The number of carbonyl (C=O) groups is 1. The van der Waals surface area contributed by atoms with E-state index in [1.54, 1.807) is 11.6 Å². The maximum absolute atomic E-state index is 12.2. The van der Waals surface area contributed by atoms with E-state index < -0.39 is 5.60 Å². The number of allylic oxidation sites excluding steroid dienone is 4. The SMILES string of the molecule is C[C@]12C[C@H](c3ccc(N4CCCC4)cc3)C3=C4CCC(=O)C=C4CC[C@H]3[C@@H]1CC[C@@]2(O)/C=C\CO. The number of ketones is 1. The van der Waals surface area contributed by atoms with Crippen molar-refractivity contribution in [3.63, 3.8) is 0 Å². The Morgan fingerprint density at radius 1 is 1.09 bits per heavy atom. The molecule has 1 heterocycles. The highest BCUT2D eigenvalue weighted by Crippen LogP contribution is 2.67. The summed E-state index contributed by atoms with van der Waals surface area (Å²) in [6, 6.07) is 9.25. The lowest BCUT2D eigenvalue weighted by Crippen LogP contribution is -2.50. The minimum absolute atomic E-state index is 0.0363. The Labute approximate surface area is 209 Å². The van der Waals surface area contributed by atoms with Crippen molar-refractivity contribution < 1.29 is 15.0 Å². The average Bonchev–Trinajstić information content (AvgIpc) is 3.49. The van der Waals surface area contributed by atoms with Gasteiger partial charge in [-0.2, -0.15) is 0 Å². The van der Waals surface area contributed by atoms with E-state index in [4.69, 9.17) is 0 Å². The van der Waals surface area contributed by atoms with Crippen molar-refractivity contribution in [2.75, 3.05) is 24.6 Å². The third-order valence-corrected chi connectivity index (χ3v) is 10.2. The number of anilines is 1. The normalized spacial score (nSPS) is 36.9. The molecule has 35 heavy (non-hydrogen) atoms. The van der Waals surface area contributed by atoms with Crippen LogP contribution in [0, 0.1) is 17.3 Å². The number of aliphatic hydroxyl groups excluding tert-OH is 1. The van der Waals surface area contributed by atoms with Crippen molar-refractivity contribution in [3.8, 4) is 0 Å². The van der Waals surface area contributed by atoms with Gasteiger partial charge in [0.05, 0.1) is 12.2 Å². The van der Waals surface area contributed by atoms with Crippen LogP contribution in [0.3, 0.4) is 0 Å². The first-order chi connectivity index (χ1) is 16.9. The van der Waals surface area contributed by atoms with Gasteiger partial charge in [-0.1, -0.05) is 36.8 Å². The zero-order valence-electron chi connectivity index (χ0n) is 21.0. The van der Waals surface area contributed by atoms with Crippen LogP contribution in [-0.4, -0.2) is 41.3 Å². The lowest BCUT2D eigenvalue weighted by molar-refractivity contribution is -0.114. The van der Waals surface area contributed by atoms with Gasteiger partial charge in [0, 0.05) is 36.5 Å². The Morgan fingerprint density at radius 2 is 1.86 bits per heavy atom. The molecule has 0 bridgehead atoms. The fourth-order valence-electron chi connectivity index (χ4n) is 8.41. The van der Waals surface area contributed by atoms with Crippen LogP contribution in [0.25, 0.3) is 0 Å². The molecule has 1 saturated heterocycles. The number of carbonyl (C=O) groups excluding carboxylic acids is 1. The van der Waals surface area contributed by atoms with Crippen molar-refractivity contribution in [3.05, 3.63) is 64.8 Å². The monoisotopic (exact) mass is 473 g/mol. The minimum Gasteiger partial charge on any atom is -0.392 e. The van der Waals surface area contributed by atoms with Gasteiger partial charge in [-0.15, -0.1) is 0 Å². The van der Waals surface area contributed by atoms with Gasteiger partial charge in [0.1, 0.15) is 0 Å². The molecule has 5 atom stereocenters. The summed E-state index contributed by atoms with van der Waals surface area (Å²) in [5.74, 6) is 1.42. The van der Waals surface area contributed by atoms with E-state index >= 15 is 0 Å². The molecule has 0 amide bonds. The predicted molar refractivity (Wildman–Crippen MR) is 139 cm³/mol. The average molecular weight is 474 g/mol. The molecule has 0 spiro atoms. The van der Waals surface area contributed by atoms with Crippen molar-refractivity contribution >= 4 is 11.5 Å². The summed E-state index contributed by atoms with van der Waals surface area (Å²) in [6.07, 6.45) is 14.3. The maximum atomic E-state index is 12.2. The number of aliphatic hydroxyl groups is 2. The second-order valence-electron chi connectivity index (χ2n) is 11.8. The Morgan fingerprint density at radius 3 is 2.60 bits per heavy atom. The van der Waals surface area contributed by atoms with E-state index in [1.165, 1.54) is 35.2 Å². The van der Waals surface area contributed by atoms with Crippen LogP contribution in [0.1, 0.15) is 76.2 Å². The molecule has 4 heteroatoms. The van der Waals surface area contributed by atoms with E-state index in [-0.39, 0.29) is 23.7 Å². The molecule has 1 aliphatic heterocycles. The van der Waals surface area contributed by atoms with E-state index in [2.05, 4.69) is 36.1 Å². The molecule has 1 aromatic carbocycles. The summed E-state index contributed by atoms with van der Waals surface area (Å²) in [5.41, 5.74) is 5.85. The summed E-state index contributed by atoms with van der Waals surface area (Å²) in [4.78, 5) is 14.7. The van der Waals surface area contributed by atoms with Gasteiger partial charge >= 0.3 is 0 Å². The zero-order valence-corrected chi connectivity index (χ0v) is 21.0. The largest absolute Gasteiger partial charge is 0.392 e. The third-order valence-electron chi connectivity index (χ3n) is 10.2. The van der Waals surface area contributed by atoms with Gasteiger partial charge in [-0.3, -0.25) is 4.79 Å². The fourth-order valence-corrected chi connectivity index (χ4v) is 8.41. The lowest BCUT2D eigenvalue weighted by atomic mass is 9.51. The number of fused-ring (bicyclic) bond motifs is 4. The van der Waals surface area contributed by atoms with E-state index in [1.807, 2.05) is 12.2 Å². The molecule has 1 aromatic rings.